The summed E-state index contributed by atoms with van der Waals surface area (Å²) in [4.78, 5) is 18.7. The monoisotopic (exact) mass is 318 g/mol. The lowest BCUT2D eigenvalue weighted by Crippen LogP contribution is -2.31. The molecule has 1 amide bonds. The van der Waals surface area contributed by atoms with Crippen LogP contribution in [-0.4, -0.2) is 32.6 Å². The normalized spacial score (nSPS) is 14.1. The zero-order valence-electron chi connectivity index (χ0n) is 13.8. The van der Waals surface area contributed by atoms with Crippen molar-refractivity contribution < 1.29 is 13.8 Å². The van der Waals surface area contributed by atoms with E-state index < -0.39 is 0 Å². The van der Waals surface area contributed by atoms with E-state index in [0.717, 1.165) is 36.9 Å². The van der Waals surface area contributed by atoms with Gasteiger partial charge in [-0.25, -0.2) is 0 Å². The number of aryl methyl sites for hydroxylation is 1. The van der Waals surface area contributed by atoms with Gasteiger partial charge < -0.3 is 13.9 Å². The third-order valence-electron chi connectivity index (χ3n) is 4.15. The van der Waals surface area contributed by atoms with Gasteiger partial charge in [0.1, 0.15) is 6.54 Å². The Kier molecular flexibility index (Phi) is 4.45. The molecular weight excluding hydrogens is 296 g/mol. The number of carbonyl (C=O) groups excluding carboxylic acids is 1. The molecule has 0 spiro atoms. The molecule has 1 aliphatic carbocycles. The molecule has 7 nitrogen and oxygen atoms in total. The van der Waals surface area contributed by atoms with Crippen LogP contribution in [0.5, 0.6) is 0 Å². The van der Waals surface area contributed by atoms with Crippen molar-refractivity contribution in [1.82, 2.24) is 20.2 Å². The Hall–Kier alpha value is -2.18. The molecule has 3 rings (SSSR count). The van der Waals surface area contributed by atoms with Gasteiger partial charge in [0.2, 0.25) is 11.7 Å². The summed E-state index contributed by atoms with van der Waals surface area (Å²) in [6.45, 7) is 6.73. The molecule has 0 fully saturated rings. The second kappa shape index (κ2) is 6.52. The van der Waals surface area contributed by atoms with Gasteiger partial charge in [0.25, 0.3) is 5.91 Å². The van der Waals surface area contributed by atoms with Crippen LogP contribution in [0.2, 0.25) is 0 Å². The summed E-state index contributed by atoms with van der Waals surface area (Å²) in [6, 6.07) is 0. The van der Waals surface area contributed by atoms with Crippen molar-refractivity contribution in [2.45, 2.75) is 58.9 Å². The van der Waals surface area contributed by atoms with E-state index in [2.05, 4.69) is 15.3 Å². The first-order valence-electron chi connectivity index (χ1n) is 8.19. The largest absolute Gasteiger partial charge is 0.350 e. The van der Waals surface area contributed by atoms with E-state index in [9.17, 15) is 4.79 Å². The van der Waals surface area contributed by atoms with Crippen LogP contribution in [0, 0.1) is 0 Å². The maximum atomic E-state index is 12.8. The summed E-state index contributed by atoms with van der Waals surface area (Å²) >= 11 is 0. The Bertz CT molecular complexity index is 689. The van der Waals surface area contributed by atoms with E-state index in [1.807, 2.05) is 20.8 Å². The molecule has 1 aliphatic rings. The lowest BCUT2D eigenvalue weighted by molar-refractivity contribution is 0.0691. The molecule has 124 valence electrons. The van der Waals surface area contributed by atoms with Gasteiger partial charge in [-0.05, 0) is 32.6 Å². The van der Waals surface area contributed by atoms with Crippen molar-refractivity contribution in [2.24, 2.45) is 0 Å². The average molecular weight is 318 g/mol. The summed E-state index contributed by atoms with van der Waals surface area (Å²) in [5, 5.41) is 7.99. The number of nitrogens with zero attached hydrogens (tertiary/aromatic N) is 4. The molecule has 0 unspecified atom stereocenters. The average Bonchev–Trinajstić information content (AvgIpc) is 3.19. The fourth-order valence-corrected chi connectivity index (χ4v) is 2.76. The third kappa shape index (κ3) is 3.13. The van der Waals surface area contributed by atoms with Crippen LogP contribution in [0.25, 0.3) is 0 Å². The number of rotatable bonds is 5. The zero-order valence-corrected chi connectivity index (χ0v) is 13.8. The number of amides is 1. The van der Waals surface area contributed by atoms with Gasteiger partial charge >= 0.3 is 0 Å². The molecule has 2 aromatic heterocycles. The first-order valence-corrected chi connectivity index (χ1v) is 8.19. The first-order chi connectivity index (χ1) is 11.1. The molecule has 23 heavy (non-hydrogen) atoms. The predicted octanol–water partition coefficient (Wildman–Crippen LogP) is 2.72. The van der Waals surface area contributed by atoms with Crippen molar-refractivity contribution in [1.29, 1.82) is 0 Å². The molecule has 0 N–H and O–H groups in total. The Morgan fingerprint density at radius 3 is 2.70 bits per heavy atom. The van der Waals surface area contributed by atoms with Gasteiger partial charge in [-0.3, -0.25) is 4.79 Å². The van der Waals surface area contributed by atoms with Crippen molar-refractivity contribution in [3.63, 3.8) is 0 Å². The lowest BCUT2D eigenvalue weighted by Gasteiger charge is -2.18. The van der Waals surface area contributed by atoms with Gasteiger partial charge in [0, 0.05) is 18.0 Å². The van der Waals surface area contributed by atoms with Crippen LogP contribution < -0.4 is 0 Å². The van der Waals surface area contributed by atoms with Gasteiger partial charge in [0.05, 0.1) is 5.69 Å². The summed E-state index contributed by atoms with van der Waals surface area (Å²) in [5.74, 6) is 1.50. The topological polar surface area (TPSA) is 85.3 Å². The Morgan fingerprint density at radius 2 is 2.00 bits per heavy atom. The fraction of sp³-hybridized carbons (Fsp3) is 0.625. The summed E-state index contributed by atoms with van der Waals surface area (Å²) in [7, 11) is 0. The molecule has 7 heteroatoms. The van der Waals surface area contributed by atoms with Crippen LogP contribution in [0.4, 0.5) is 0 Å². The Labute approximate surface area is 135 Å². The molecule has 0 saturated heterocycles. The highest BCUT2D eigenvalue weighted by Gasteiger charge is 2.28. The summed E-state index contributed by atoms with van der Waals surface area (Å²) < 4.78 is 10.6. The predicted molar refractivity (Wildman–Crippen MR) is 81.9 cm³/mol. The number of fused-ring (bicyclic) bond motifs is 1. The second-order valence-electron chi connectivity index (χ2n) is 6.16. The van der Waals surface area contributed by atoms with Gasteiger partial charge in [0.15, 0.2) is 5.82 Å². The zero-order chi connectivity index (χ0) is 16.4. The fourth-order valence-electron chi connectivity index (χ4n) is 2.76. The Balaban J connectivity index is 1.77. The van der Waals surface area contributed by atoms with Gasteiger partial charge in [-0.2, -0.15) is 4.98 Å². The molecular formula is C16H22N4O3. The van der Waals surface area contributed by atoms with E-state index >= 15 is 0 Å². The molecule has 0 saturated carbocycles. The van der Waals surface area contributed by atoms with Crippen LogP contribution in [-0.2, 0) is 19.4 Å². The standard InChI is InChI=1S/C16H22N4O3/c1-4-20(9-13-17-15(10(2)3)19-22-13)16(21)14-11-7-5-6-8-12(11)18-23-14/h10H,4-9H2,1-3H3. The van der Waals surface area contributed by atoms with Crippen molar-refractivity contribution in [3.8, 4) is 0 Å². The minimum Gasteiger partial charge on any atom is -0.350 e. The molecule has 2 aromatic rings. The summed E-state index contributed by atoms with van der Waals surface area (Å²) in [6.07, 6.45) is 3.92. The second-order valence-corrected chi connectivity index (χ2v) is 6.16. The highest BCUT2D eigenvalue weighted by atomic mass is 16.5. The van der Waals surface area contributed by atoms with Crippen LogP contribution >= 0.6 is 0 Å². The molecule has 0 aliphatic heterocycles. The van der Waals surface area contributed by atoms with Crippen molar-refractivity contribution in [3.05, 3.63) is 28.7 Å². The number of hydrogen-bond donors (Lipinski definition) is 0. The maximum absolute atomic E-state index is 12.8. The molecule has 0 radical (unpaired) electrons. The number of hydrogen-bond acceptors (Lipinski definition) is 6. The molecule has 0 atom stereocenters. The molecule has 2 heterocycles. The smallest absolute Gasteiger partial charge is 0.293 e. The minimum atomic E-state index is -0.160. The van der Waals surface area contributed by atoms with Gasteiger partial charge in [-0.1, -0.05) is 24.2 Å². The van der Waals surface area contributed by atoms with E-state index in [0.29, 0.717) is 24.0 Å². The van der Waals surface area contributed by atoms with E-state index in [1.165, 1.54) is 0 Å². The third-order valence-corrected chi connectivity index (χ3v) is 4.15. The van der Waals surface area contributed by atoms with Gasteiger partial charge in [-0.15, -0.1) is 0 Å². The molecule has 0 bridgehead atoms. The van der Waals surface area contributed by atoms with Crippen molar-refractivity contribution in [2.75, 3.05) is 6.54 Å². The Morgan fingerprint density at radius 1 is 1.22 bits per heavy atom. The van der Waals surface area contributed by atoms with E-state index in [4.69, 9.17) is 9.05 Å². The maximum Gasteiger partial charge on any atom is 0.293 e. The highest BCUT2D eigenvalue weighted by Crippen LogP contribution is 2.25. The quantitative estimate of drug-likeness (QED) is 0.842. The van der Waals surface area contributed by atoms with E-state index in [1.54, 1.807) is 4.90 Å². The number of carbonyl (C=O) groups is 1. The van der Waals surface area contributed by atoms with Crippen LogP contribution in [0.3, 0.4) is 0 Å². The van der Waals surface area contributed by atoms with Crippen LogP contribution in [0.15, 0.2) is 9.05 Å². The lowest BCUT2D eigenvalue weighted by atomic mass is 9.96. The SMILES string of the molecule is CCN(Cc1nc(C(C)C)no1)C(=O)c1onc2c1CCCC2. The summed E-state index contributed by atoms with van der Waals surface area (Å²) in [5.41, 5.74) is 1.89. The van der Waals surface area contributed by atoms with Crippen molar-refractivity contribution >= 4 is 5.91 Å². The first kappa shape index (κ1) is 15.7. The number of aromatic nitrogens is 3. The minimum absolute atomic E-state index is 0.160. The molecule has 0 aromatic carbocycles. The van der Waals surface area contributed by atoms with E-state index in [-0.39, 0.29) is 18.4 Å². The highest BCUT2D eigenvalue weighted by molar-refractivity contribution is 5.93. The van der Waals surface area contributed by atoms with Crippen LogP contribution in [0.1, 0.15) is 73.1 Å².